The Morgan fingerprint density at radius 1 is 1.17 bits per heavy atom. The van der Waals surface area contributed by atoms with Gasteiger partial charge >= 0.3 is 0 Å². The van der Waals surface area contributed by atoms with Gasteiger partial charge in [0.1, 0.15) is 11.0 Å². The summed E-state index contributed by atoms with van der Waals surface area (Å²) in [4.78, 5) is 25.2. The van der Waals surface area contributed by atoms with E-state index in [0.717, 1.165) is 5.56 Å². The molecular formula is C13H14N2O2S. The van der Waals surface area contributed by atoms with Crippen LogP contribution in [0.3, 0.4) is 0 Å². The maximum absolute atomic E-state index is 11.9. The van der Waals surface area contributed by atoms with E-state index in [9.17, 15) is 9.59 Å². The molecule has 18 heavy (non-hydrogen) atoms. The minimum absolute atomic E-state index is 0.143. The molecule has 2 N–H and O–H groups in total. The lowest BCUT2D eigenvalue weighted by atomic mass is 10.0. The fourth-order valence-electron chi connectivity index (χ4n) is 2.13. The molecule has 0 aliphatic carbocycles. The number of piperidine rings is 1. The zero-order valence-corrected chi connectivity index (χ0v) is 10.7. The molecule has 0 aromatic heterocycles. The first kappa shape index (κ1) is 12.7. The fraction of sp³-hybridized carbons (Fsp3) is 0.308. The number of hydrogen-bond acceptors (Lipinski definition) is 3. The van der Waals surface area contributed by atoms with Crippen LogP contribution in [0.2, 0.25) is 0 Å². The Morgan fingerprint density at radius 3 is 2.22 bits per heavy atom. The van der Waals surface area contributed by atoms with Crippen LogP contribution in [-0.2, 0) is 9.59 Å². The molecular weight excluding hydrogens is 248 g/mol. The standard InChI is InChI=1S/C13H14N2O2S/c14-13(18)12(9-5-2-1-3-6-9)15-10(16)7-4-8-11(15)17/h1-3,5-6,12H,4,7-8H2,(H2,14,18). The lowest BCUT2D eigenvalue weighted by Gasteiger charge is -2.32. The van der Waals surface area contributed by atoms with E-state index in [-0.39, 0.29) is 16.8 Å². The van der Waals surface area contributed by atoms with Crippen LogP contribution >= 0.6 is 12.2 Å². The summed E-state index contributed by atoms with van der Waals surface area (Å²) >= 11 is 5.02. The molecule has 5 heteroatoms. The number of nitrogens with two attached hydrogens (primary N) is 1. The smallest absolute Gasteiger partial charge is 0.230 e. The van der Waals surface area contributed by atoms with Gasteiger partial charge in [-0.05, 0) is 12.0 Å². The van der Waals surface area contributed by atoms with Gasteiger partial charge in [0.15, 0.2) is 0 Å². The summed E-state index contributed by atoms with van der Waals surface area (Å²) in [5.41, 5.74) is 6.48. The van der Waals surface area contributed by atoms with Crippen LogP contribution in [0.1, 0.15) is 30.9 Å². The highest BCUT2D eigenvalue weighted by atomic mass is 32.1. The first-order valence-electron chi connectivity index (χ1n) is 5.80. The molecule has 4 nitrogen and oxygen atoms in total. The van der Waals surface area contributed by atoms with E-state index in [0.29, 0.717) is 19.3 Å². The Hall–Kier alpha value is -1.75. The van der Waals surface area contributed by atoms with E-state index < -0.39 is 6.04 Å². The van der Waals surface area contributed by atoms with Crippen molar-refractivity contribution in [3.05, 3.63) is 35.9 Å². The van der Waals surface area contributed by atoms with E-state index >= 15 is 0 Å². The Labute approximate surface area is 111 Å². The molecule has 1 saturated heterocycles. The van der Waals surface area contributed by atoms with Gasteiger partial charge in [0.2, 0.25) is 11.8 Å². The number of hydrogen-bond donors (Lipinski definition) is 1. The number of benzene rings is 1. The van der Waals surface area contributed by atoms with Gasteiger partial charge in [0, 0.05) is 12.8 Å². The molecule has 1 unspecified atom stereocenters. The summed E-state index contributed by atoms with van der Waals surface area (Å²) < 4.78 is 0. The largest absolute Gasteiger partial charge is 0.391 e. The molecule has 1 fully saturated rings. The predicted molar refractivity (Wildman–Crippen MR) is 71.7 cm³/mol. The van der Waals surface area contributed by atoms with Gasteiger partial charge in [0.25, 0.3) is 0 Å². The molecule has 0 saturated carbocycles. The Kier molecular flexibility index (Phi) is 3.72. The monoisotopic (exact) mass is 262 g/mol. The minimum Gasteiger partial charge on any atom is -0.391 e. The fourth-order valence-corrected chi connectivity index (χ4v) is 2.38. The minimum atomic E-state index is -0.624. The molecule has 1 aliphatic rings. The predicted octanol–water partition coefficient (Wildman–Crippen LogP) is 1.55. The molecule has 94 valence electrons. The highest BCUT2D eigenvalue weighted by Gasteiger charge is 2.34. The molecule has 1 heterocycles. The Balaban J connectivity index is 2.39. The summed E-state index contributed by atoms with van der Waals surface area (Å²) in [6.45, 7) is 0. The van der Waals surface area contributed by atoms with Crippen molar-refractivity contribution >= 4 is 29.0 Å². The third-order valence-electron chi connectivity index (χ3n) is 2.96. The Morgan fingerprint density at radius 2 is 1.72 bits per heavy atom. The van der Waals surface area contributed by atoms with Gasteiger partial charge in [-0.2, -0.15) is 0 Å². The summed E-state index contributed by atoms with van der Waals surface area (Å²) in [5, 5.41) is 0. The van der Waals surface area contributed by atoms with Gasteiger partial charge in [-0.25, -0.2) is 0 Å². The van der Waals surface area contributed by atoms with E-state index in [2.05, 4.69) is 0 Å². The average molecular weight is 262 g/mol. The number of rotatable bonds is 3. The van der Waals surface area contributed by atoms with Crippen LogP contribution in [0, 0.1) is 0 Å². The maximum atomic E-state index is 11.9. The van der Waals surface area contributed by atoms with Gasteiger partial charge < -0.3 is 5.73 Å². The van der Waals surface area contributed by atoms with Crippen molar-refractivity contribution in [3.63, 3.8) is 0 Å². The van der Waals surface area contributed by atoms with Crippen LogP contribution in [0.25, 0.3) is 0 Å². The van der Waals surface area contributed by atoms with E-state index in [1.807, 2.05) is 30.3 Å². The van der Waals surface area contributed by atoms with Crippen LogP contribution in [0.5, 0.6) is 0 Å². The molecule has 1 atom stereocenters. The van der Waals surface area contributed by atoms with Crippen molar-refractivity contribution in [3.8, 4) is 0 Å². The third kappa shape index (κ3) is 2.41. The molecule has 1 aromatic carbocycles. The number of thiocarbonyl (C=S) groups is 1. The lowest BCUT2D eigenvalue weighted by Crippen LogP contribution is -2.46. The van der Waals surface area contributed by atoms with Gasteiger partial charge in [-0.3, -0.25) is 14.5 Å². The molecule has 2 amide bonds. The highest BCUT2D eigenvalue weighted by molar-refractivity contribution is 7.80. The second kappa shape index (κ2) is 5.27. The second-order valence-corrected chi connectivity index (χ2v) is 4.70. The zero-order chi connectivity index (χ0) is 13.1. The van der Waals surface area contributed by atoms with Gasteiger partial charge in [0.05, 0.1) is 0 Å². The topological polar surface area (TPSA) is 63.4 Å². The SMILES string of the molecule is NC(=S)C(c1ccccc1)N1C(=O)CCCC1=O. The average Bonchev–Trinajstić information content (AvgIpc) is 2.34. The number of likely N-dealkylation sites (tertiary alicyclic amines) is 1. The van der Waals surface area contributed by atoms with Crippen LogP contribution < -0.4 is 5.73 Å². The molecule has 0 bridgehead atoms. The van der Waals surface area contributed by atoms with Crippen molar-refractivity contribution in [2.24, 2.45) is 5.73 Å². The molecule has 0 radical (unpaired) electrons. The van der Waals surface area contributed by atoms with E-state index in [1.54, 1.807) is 0 Å². The van der Waals surface area contributed by atoms with E-state index in [1.165, 1.54) is 4.90 Å². The first-order chi connectivity index (χ1) is 8.61. The molecule has 2 rings (SSSR count). The van der Waals surface area contributed by atoms with Crippen molar-refractivity contribution in [1.29, 1.82) is 0 Å². The normalized spacial score (nSPS) is 17.7. The lowest BCUT2D eigenvalue weighted by molar-refractivity contribution is -0.149. The Bertz CT molecular complexity index is 471. The van der Waals surface area contributed by atoms with Crippen molar-refractivity contribution < 1.29 is 9.59 Å². The van der Waals surface area contributed by atoms with Crippen LogP contribution in [0.15, 0.2) is 30.3 Å². The van der Waals surface area contributed by atoms with Gasteiger partial charge in [-0.15, -0.1) is 0 Å². The van der Waals surface area contributed by atoms with Crippen LogP contribution in [0.4, 0.5) is 0 Å². The van der Waals surface area contributed by atoms with Gasteiger partial charge in [-0.1, -0.05) is 42.5 Å². The molecule has 1 aliphatic heterocycles. The summed E-state index contributed by atoms with van der Waals surface area (Å²) in [6.07, 6.45) is 1.35. The van der Waals surface area contributed by atoms with Crippen molar-refractivity contribution in [2.45, 2.75) is 25.3 Å². The molecule has 1 aromatic rings. The maximum Gasteiger partial charge on any atom is 0.230 e. The molecule has 0 spiro atoms. The van der Waals surface area contributed by atoms with Crippen LogP contribution in [-0.4, -0.2) is 21.7 Å². The van der Waals surface area contributed by atoms with Crippen molar-refractivity contribution in [1.82, 2.24) is 4.90 Å². The quantitative estimate of drug-likeness (QED) is 0.663. The highest BCUT2D eigenvalue weighted by Crippen LogP contribution is 2.26. The number of amides is 2. The summed E-state index contributed by atoms with van der Waals surface area (Å²) in [6, 6.07) is 8.54. The first-order valence-corrected chi connectivity index (χ1v) is 6.21. The van der Waals surface area contributed by atoms with Crippen molar-refractivity contribution in [2.75, 3.05) is 0 Å². The third-order valence-corrected chi connectivity index (χ3v) is 3.18. The zero-order valence-electron chi connectivity index (χ0n) is 9.83. The number of carbonyl (C=O) groups is 2. The number of nitrogens with zero attached hydrogens (tertiary/aromatic N) is 1. The number of carbonyl (C=O) groups excluding carboxylic acids is 2. The summed E-state index contributed by atoms with van der Waals surface area (Å²) in [7, 11) is 0. The van der Waals surface area contributed by atoms with E-state index in [4.69, 9.17) is 18.0 Å². The second-order valence-electron chi connectivity index (χ2n) is 4.23. The number of imide groups is 1. The summed E-state index contributed by atoms with van der Waals surface area (Å²) in [5.74, 6) is -0.402.